The number of benzene rings is 2. The largest absolute Gasteiger partial charge is 0.312 e. The summed E-state index contributed by atoms with van der Waals surface area (Å²) in [5, 5.41) is 0.418. The number of allylic oxidation sites excluding steroid dienone is 1. The average molecular weight is 394 g/mol. The minimum atomic E-state index is -0.301. The van der Waals surface area contributed by atoms with Gasteiger partial charge in [0.15, 0.2) is 9.81 Å². The van der Waals surface area contributed by atoms with Crippen molar-refractivity contribution in [3.63, 3.8) is 0 Å². The van der Waals surface area contributed by atoms with E-state index < -0.39 is 0 Å². The first kappa shape index (κ1) is 17.8. The number of para-hydroxylation sites is 1. The van der Waals surface area contributed by atoms with Gasteiger partial charge in [-0.2, -0.15) is 4.99 Å². The first-order valence-corrected chi connectivity index (χ1v) is 10.4. The van der Waals surface area contributed by atoms with Gasteiger partial charge < -0.3 is 4.57 Å². The highest BCUT2D eigenvalue weighted by Gasteiger charge is 2.13. The third-order valence-corrected chi connectivity index (χ3v) is 6.42. The first-order valence-electron chi connectivity index (χ1n) is 8.75. The van der Waals surface area contributed by atoms with E-state index in [2.05, 4.69) is 48.6 Å². The van der Waals surface area contributed by atoms with Crippen molar-refractivity contribution in [2.75, 3.05) is 0 Å². The van der Waals surface area contributed by atoms with Crippen LogP contribution >= 0.6 is 22.7 Å². The van der Waals surface area contributed by atoms with Crippen LogP contribution in [0.25, 0.3) is 20.4 Å². The van der Waals surface area contributed by atoms with E-state index in [0.717, 1.165) is 20.4 Å². The van der Waals surface area contributed by atoms with Crippen molar-refractivity contribution in [1.29, 1.82) is 0 Å². The molecular weight excluding hydrogens is 374 g/mol. The maximum Gasteiger partial charge on any atom is 0.308 e. The lowest BCUT2D eigenvalue weighted by Crippen LogP contribution is -2.16. The number of carbonyl (C=O) groups is 1. The Balaban J connectivity index is 1.84. The van der Waals surface area contributed by atoms with Crippen LogP contribution in [0.1, 0.15) is 35.1 Å². The smallest absolute Gasteiger partial charge is 0.308 e. The number of hydrogen-bond acceptors (Lipinski definition) is 4. The van der Waals surface area contributed by atoms with E-state index >= 15 is 0 Å². The molecule has 4 nitrogen and oxygen atoms in total. The molecule has 0 fully saturated rings. The summed E-state index contributed by atoms with van der Waals surface area (Å²) < 4.78 is 4.15. The number of aromatic nitrogens is 2. The Kier molecular flexibility index (Phi) is 4.76. The van der Waals surface area contributed by atoms with Crippen molar-refractivity contribution in [3.05, 3.63) is 70.5 Å². The number of thiazole rings is 2. The Bertz CT molecular complexity index is 1190. The van der Waals surface area contributed by atoms with Gasteiger partial charge in [-0.15, -0.1) is 17.9 Å². The molecule has 0 aliphatic heterocycles. The summed E-state index contributed by atoms with van der Waals surface area (Å²) >= 11 is 2.91. The lowest BCUT2D eigenvalue weighted by atomic mass is 10.0. The van der Waals surface area contributed by atoms with Crippen molar-refractivity contribution < 1.29 is 4.79 Å². The Hall–Kier alpha value is -2.57. The van der Waals surface area contributed by atoms with Crippen LogP contribution in [0.2, 0.25) is 0 Å². The Morgan fingerprint density at radius 2 is 2.04 bits per heavy atom. The lowest BCUT2D eigenvalue weighted by molar-refractivity contribution is 0.0997. The molecule has 136 valence electrons. The molecule has 2 aromatic heterocycles. The van der Waals surface area contributed by atoms with E-state index in [1.807, 2.05) is 34.9 Å². The van der Waals surface area contributed by atoms with E-state index in [1.54, 1.807) is 0 Å². The number of fused-ring (bicyclic) bond motifs is 2. The molecule has 0 saturated heterocycles. The second kappa shape index (κ2) is 7.21. The molecule has 4 aromatic rings. The minimum absolute atomic E-state index is 0.301. The molecule has 0 atom stereocenters. The van der Waals surface area contributed by atoms with E-state index in [-0.39, 0.29) is 5.91 Å². The Morgan fingerprint density at radius 1 is 1.22 bits per heavy atom. The molecule has 0 radical (unpaired) electrons. The number of hydrogen-bond donors (Lipinski definition) is 0. The summed E-state index contributed by atoms with van der Waals surface area (Å²) in [5.74, 6) is 0.152. The third-order valence-electron chi connectivity index (χ3n) is 4.36. The van der Waals surface area contributed by atoms with Crippen molar-refractivity contribution in [2.24, 2.45) is 4.99 Å². The molecule has 0 aliphatic carbocycles. The van der Waals surface area contributed by atoms with Crippen molar-refractivity contribution >= 4 is 49.0 Å². The molecule has 2 aromatic carbocycles. The summed E-state index contributed by atoms with van der Waals surface area (Å²) in [6.07, 6.45) is 1.82. The van der Waals surface area contributed by atoms with Crippen LogP contribution in [0.15, 0.2) is 60.1 Å². The fourth-order valence-corrected chi connectivity index (χ4v) is 4.87. The SMILES string of the molecule is C=CCn1c(=NC(=O)c2nc3ccccc3s2)sc2cc(C(C)C)ccc21. The highest BCUT2D eigenvalue weighted by atomic mass is 32.1. The van der Waals surface area contributed by atoms with E-state index in [4.69, 9.17) is 0 Å². The van der Waals surface area contributed by atoms with E-state index in [9.17, 15) is 4.79 Å². The van der Waals surface area contributed by atoms with Gasteiger partial charge in [0.1, 0.15) is 0 Å². The van der Waals surface area contributed by atoms with Crippen LogP contribution in [-0.4, -0.2) is 15.5 Å². The van der Waals surface area contributed by atoms with E-state index in [1.165, 1.54) is 28.2 Å². The van der Waals surface area contributed by atoms with Crippen LogP contribution in [0.3, 0.4) is 0 Å². The molecule has 2 heterocycles. The summed E-state index contributed by atoms with van der Waals surface area (Å²) in [6.45, 7) is 8.80. The van der Waals surface area contributed by atoms with Gasteiger partial charge in [-0.25, -0.2) is 4.98 Å². The molecule has 0 N–H and O–H groups in total. The maximum absolute atomic E-state index is 12.7. The average Bonchev–Trinajstić information content (AvgIpc) is 3.23. The molecule has 0 saturated carbocycles. The van der Waals surface area contributed by atoms with Crippen molar-refractivity contribution in [2.45, 2.75) is 26.3 Å². The highest BCUT2D eigenvalue weighted by Crippen LogP contribution is 2.25. The van der Waals surface area contributed by atoms with Crippen molar-refractivity contribution in [1.82, 2.24) is 9.55 Å². The molecular formula is C21H19N3OS2. The number of rotatable bonds is 4. The fraction of sp³-hybridized carbons (Fsp3) is 0.190. The van der Waals surface area contributed by atoms with Gasteiger partial charge in [0.05, 0.1) is 20.4 Å². The minimum Gasteiger partial charge on any atom is -0.312 e. The number of nitrogens with zero attached hydrogens (tertiary/aromatic N) is 3. The molecule has 4 rings (SSSR count). The predicted octanol–water partition coefficient (Wildman–Crippen LogP) is 5.36. The van der Waals surface area contributed by atoms with Crippen molar-refractivity contribution in [3.8, 4) is 0 Å². The van der Waals surface area contributed by atoms with Gasteiger partial charge in [-0.1, -0.05) is 49.5 Å². The van der Waals surface area contributed by atoms with Crippen LogP contribution in [0.4, 0.5) is 0 Å². The van der Waals surface area contributed by atoms with Crippen LogP contribution in [0, 0.1) is 0 Å². The molecule has 0 spiro atoms. The third kappa shape index (κ3) is 3.38. The highest BCUT2D eigenvalue weighted by molar-refractivity contribution is 7.20. The normalized spacial score (nSPS) is 12.3. The van der Waals surface area contributed by atoms with Gasteiger partial charge in [0.2, 0.25) is 0 Å². The molecule has 1 amide bonds. The summed E-state index contributed by atoms with van der Waals surface area (Å²) in [6, 6.07) is 14.2. The molecule has 0 unspecified atom stereocenters. The molecule has 0 aliphatic rings. The maximum atomic E-state index is 12.7. The Labute approximate surface area is 165 Å². The van der Waals surface area contributed by atoms with Crippen LogP contribution in [-0.2, 0) is 6.54 Å². The monoisotopic (exact) mass is 393 g/mol. The summed E-state index contributed by atoms with van der Waals surface area (Å²) in [7, 11) is 0. The standard InChI is InChI=1S/C21H19N3OS2/c1-4-11-24-16-10-9-14(13(2)3)12-18(16)27-21(24)23-19(25)20-22-15-7-5-6-8-17(15)26-20/h4-10,12-13H,1,11H2,2-3H3. The topological polar surface area (TPSA) is 47.2 Å². The van der Waals surface area contributed by atoms with Gasteiger partial charge in [0.25, 0.3) is 0 Å². The van der Waals surface area contributed by atoms with Crippen LogP contribution < -0.4 is 4.80 Å². The number of amides is 1. The van der Waals surface area contributed by atoms with Crippen LogP contribution in [0.5, 0.6) is 0 Å². The first-order chi connectivity index (χ1) is 13.1. The second-order valence-corrected chi connectivity index (χ2v) is 8.61. The Morgan fingerprint density at radius 3 is 2.78 bits per heavy atom. The predicted molar refractivity (Wildman–Crippen MR) is 114 cm³/mol. The molecule has 27 heavy (non-hydrogen) atoms. The van der Waals surface area contributed by atoms with Gasteiger partial charge in [0, 0.05) is 6.54 Å². The summed E-state index contributed by atoms with van der Waals surface area (Å²) in [5.41, 5.74) is 3.18. The molecule has 6 heteroatoms. The zero-order chi connectivity index (χ0) is 19.0. The quantitative estimate of drug-likeness (QED) is 0.438. The van der Waals surface area contributed by atoms with Gasteiger partial charge >= 0.3 is 5.91 Å². The zero-order valence-electron chi connectivity index (χ0n) is 15.2. The summed E-state index contributed by atoms with van der Waals surface area (Å²) in [4.78, 5) is 22.2. The fourth-order valence-electron chi connectivity index (χ4n) is 2.94. The number of carbonyl (C=O) groups excluding carboxylic acids is 1. The molecule has 0 bridgehead atoms. The van der Waals surface area contributed by atoms with Gasteiger partial charge in [-0.05, 0) is 35.7 Å². The van der Waals surface area contributed by atoms with Gasteiger partial charge in [-0.3, -0.25) is 4.79 Å². The van der Waals surface area contributed by atoms with E-state index in [0.29, 0.717) is 22.3 Å². The zero-order valence-corrected chi connectivity index (χ0v) is 16.8. The lowest BCUT2D eigenvalue weighted by Gasteiger charge is -2.05. The second-order valence-electron chi connectivity index (χ2n) is 6.57.